The fourth-order valence-corrected chi connectivity index (χ4v) is 3.34. The Morgan fingerprint density at radius 1 is 1.07 bits per heavy atom. The van der Waals surface area contributed by atoms with Gasteiger partial charge in [0.25, 0.3) is 11.5 Å². The smallest absolute Gasteiger partial charge is 0.274 e. The molecule has 0 atom stereocenters. The topological polar surface area (TPSA) is 118 Å². The summed E-state index contributed by atoms with van der Waals surface area (Å²) in [6, 6.07) is 4.82. The van der Waals surface area contributed by atoms with Gasteiger partial charge in [-0.1, -0.05) is 12.8 Å². The Hall–Kier alpha value is -3.23. The second-order valence-corrected chi connectivity index (χ2v) is 7.44. The lowest BCUT2D eigenvalue weighted by atomic mass is 10.1. The highest BCUT2D eigenvalue weighted by Crippen LogP contribution is 2.30. The predicted molar refractivity (Wildman–Crippen MR) is 108 cm³/mol. The van der Waals surface area contributed by atoms with Gasteiger partial charge in [-0.3, -0.25) is 14.4 Å². The molecule has 1 fully saturated rings. The van der Waals surface area contributed by atoms with E-state index < -0.39 is 0 Å². The first-order valence-corrected chi connectivity index (χ1v) is 10.0. The van der Waals surface area contributed by atoms with Crippen LogP contribution >= 0.6 is 0 Å². The van der Waals surface area contributed by atoms with Gasteiger partial charge in [0.05, 0.1) is 0 Å². The molecule has 1 aliphatic carbocycles. The Morgan fingerprint density at radius 3 is 2.69 bits per heavy atom. The summed E-state index contributed by atoms with van der Waals surface area (Å²) in [7, 11) is 0. The first-order chi connectivity index (χ1) is 14.1. The molecule has 9 heteroatoms. The van der Waals surface area contributed by atoms with Gasteiger partial charge in [0.2, 0.25) is 5.91 Å². The number of carbonyl (C=O) groups excluding carboxylic acids is 2. The molecule has 152 valence electrons. The number of fused-ring (bicyclic) bond motifs is 1. The van der Waals surface area contributed by atoms with E-state index in [1.54, 1.807) is 18.2 Å². The number of aromatic nitrogens is 3. The number of hydrogen-bond acceptors (Lipinski definition) is 6. The fourth-order valence-electron chi connectivity index (χ4n) is 3.34. The van der Waals surface area contributed by atoms with E-state index in [0.29, 0.717) is 36.1 Å². The molecule has 0 radical (unpaired) electrons. The van der Waals surface area contributed by atoms with Crippen molar-refractivity contribution >= 4 is 29.1 Å². The van der Waals surface area contributed by atoms with Crippen molar-refractivity contribution in [3.05, 3.63) is 40.6 Å². The number of hydrogen-bond donors (Lipinski definition) is 3. The summed E-state index contributed by atoms with van der Waals surface area (Å²) in [4.78, 5) is 45.5. The van der Waals surface area contributed by atoms with Gasteiger partial charge < -0.3 is 20.5 Å². The minimum atomic E-state index is -0.277. The Labute approximate surface area is 167 Å². The van der Waals surface area contributed by atoms with E-state index in [-0.39, 0.29) is 23.3 Å². The second kappa shape index (κ2) is 8.42. The molecule has 2 amide bonds. The van der Waals surface area contributed by atoms with Crippen LogP contribution in [0, 0.1) is 5.92 Å². The minimum absolute atomic E-state index is 0.0474. The predicted octanol–water partition coefficient (Wildman–Crippen LogP) is 2.03. The second-order valence-electron chi connectivity index (χ2n) is 7.44. The van der Waals surface area contributed by atoms with E-state index in [0.717, 1.165) is 38.5 Å². The van der Waals surface area contributed by atoms with Gasteiger partial charge in [-0.2, -0.15) is 0 Å². The van der Waals surface area contributed by atoms with Crippen LogP contribution < -0.4 is 21.5 Å². The molecule has 2 aromatic rings. The molecule has 9 nitrogen and oxygen atoms in total. The van der Waals surface area contributed by atoms with Crippen LogP contribution in [-0.4, -0.2) is 32.9 Å². The van der Waals surface area contributed by atoms with Crippen LogP contribution in [0.3, 0.4) is 0 Å². The quantitative estimate of drug-likeness (QED) is 0.728. The maximum Gasteiger partial charge on any atom is 0.274 e. The number of carbonyl (C=O) groups is 2. The number of amides is 2. The molecular weight excluding hydrogens is 372 g/mol. The van der Waals surface area contributed by atoms with Crippen LogP contribution in [0.25, 0.3) is 0 Å². The number of nitrogens with one attached hydrogen (secondary N) is 3. The van der Waals surface area contributed by atoms with Crippen molar-refractivity contribution in [3.8, 4) is 0 Å². The Morgan fingerprint density at radius 2 is 1.86 bits per heavy atom. The van der Waals surface area contributed by atoms with Crippen molar-refractivity contribution in [3.63, 3.8) is 0 Å². The van der Waals surface area contributed by atoms with Gasteiger partial charge in [-0.15, -0.1) is 0 Å². The van der Waals surface area contributed by atoms with Crippen molar-refractivity contribution < 1.29 is 9.59 Å². The Balaban J connectivity index is 1.56. The maximum absolute atomic E-state index is 13.0. The number of rotatable bonds is 4. The van der Waals surface area contributed by atoms with Crippen molar-refractivity contribution in [2.75, 3.05) is 17.2 Å². The van der Waals surface area contributed by atoms with Crippen LogP contribution in [0.1, 0.15) is 49.0 Å². The lowest BCUT2D eigenvalue weighted by Crippen LogP contribution is -2.34. The highest BCUT2D eigenvalue weighted by molar-refractivity contribution is 5.94. The lowest BCUT2D eigenvalue weighted by Gasteiger charge is -2.17. The molecule has 0 unspecified atom stereocenters. The van der Waals surface area contributed by atoms with Gasteiger partial charge >= 0.3 is 0 Å². The SMILES string of the molecule is O=C1NCCCCCCn2c1ccc(Nc1cc(NC(=O)C3CC3)ncn1)c2=O. The van der Waals surface area contributed by atoms with Crippen LogP contribution in [0.4, 0.5) is 17.3 Å². The van der Waals surface area contributed by atoms with E-state index in [9.17, 15) is 14.4 Å². The fraction of sp³-hybridized carbons (Fsp3) is 0.450. The molecule has 1 aliphatic heterocycles. The molecular formula is C20H24N6O3. The van der Waals surface area contributed by atoms with Crippen molar-refractivity contribution in [2.45, 2.75) is 45.1 Å². The molecule has 3 heterocycles. The zero-order valence-corrected chi connectivity index (χ0v) is 16.1. The molecule has 0 aromatic carbocycles. The molecule has 29 heavy (non-hydrogen) atoms. The van der Waals surface area contributed by atoms with E-state index in [4.69, 9.17) is 0 Å². The molecule has 0 saturated heterocycles. The Kier molecular flexibility index (Phi) is 5.55. The third-order valence-corrected chi connectivity index (χ3v) is 5.13. The van der Waals surface area contributed by atoms with Crippen LogP contribution in [0.5, 0.6) is 0 Å². The monoisotopic (exact) mass is 396 g/mol. The summed E-state index contributed by atoms with van der Waals surface area (Å²) < 4.78 is 1.51. The summed E-state index contributed by atoms with van der Waals surface area (Å²) in [6.45, 7) is 1.10. The van der Waals surface area contributed by atoms with E-state index in [1.165, 1.54) is 10.9 Å². The van der Waals surface area contributed by atoms with Gasteiger partial charge in [0.1, 0.15) is 29.3 Å². The average Bonchev–Trinajstić information content (AvgIpc) is 3.55. The highest BCUT2D eigenvalue weighted by Gasteiger charge is 2.29. The standard InChI is InChI=1S/C20H24N6O3/c27-18(13-5-6-13)25-17-11-16(22-12-23-17)24-14-7-8-15-19(28)21-9-3-1-2-4-10-26(15)20(14)29/h7-8,11-13H,1-6,9-10H2,(H,21,28)(H2,22,23,24,25,27). The summed E-state index contributed by atoms with van der Waals surface area (Å²) >= 11 is 0. The number of nitrogens with zero attached hydrogens (tertiary/aromatic N) is 3. The van der Waals surface area contributed by atoms with Gasteiger partial charge in [-0.25, -0.2) is 9.97 Å². The van der Waals surface area contributed by atoms with Crippen LogP contribution in [-0.2, 0) is 11.3 Å². The maximum atomic E-state index is 13.0. The largest absolute Gasteiger partial charge is 0.351 e. The summed E-state index contributed by atoms with van der Waals surface area (Å²) in [6.07, 6.45) is 6.96. The third-order valence-electron chi connectivity index (χ3n) is 5.13. The lowest BCUT2D eigenvalue weighted by molar-refractivity contribution is -0.117. The first-order valence-electron chi connectivity index (χ1n) is 10.0. The Bertz CT molecular complexity index is 982. The van der Waals surface area contributed by atoms with Crippen molar-refractivity contribution in [1.82, 2.24) is 19.9 Å². The van der Waals surface area contributed by atoms with Gasteiger partial charge in [-0.05, 0) is 37.8 Å². The van der Waals surface area contributed by atoms with E-state index in [1.807, 2.05) is 0 Å². The third kappa shape index (κ3) is 4.61. The molecule has 1 saturated carbocycles. The summed E-state index contributed by atoms with van der Waals surface area (Å²) in [5.41, 5.74) is 0.403. The molecule has 4 rings (SSSR count). The number of pyridine rings is 1. The normalized spacial score (nSPS) is 17.0. The minimum Gasteiger partial charge on any atom is -0.351 e. The van der Waals surface area contributed by atoms with Crippen molar-refractivity contribution in [1.29, 1.82) is 0 Å². The average molecular weight is 396 g/mol. The van der Waals surface area contributed by atoms with Crippen molar-refractivity contribution in [2.24, 2.45) is 5.92 Å². The van der Waals surface area contributed by atoms with Crippen LogP contribution in [0.15, 0.2) is 29.3 Å². The highest BCUT2D eigenvalue weighted by atomic mass is 16.2. The number of anilines is 3. The van der Waals surface area contributed by atoms with E-state index >= 15 is 0 Å². The molecule has 2 aromatic heterocycles. The van der Waals surface area contributed by atoms with Gasteiger partial charge in [0.15, 0.2) is 0 Å². The molecule has 2 aliphatic rings. The summed E-state index contributed by atoms with van der Waals surface area (Å²) in [5.74, 6) is 0.571. The molecule has 0 bridgehead atoms. The first kappa shape index (κ1) is 19.1. The summed E-state index contributed by atoms with van der Waals surface area (Å²) in [5, 5.41) is 8.62. The van der Waals surface area contributed by atoms with Crippen LogP contribution in [0.2, 0.25) is 0 Å². The van der Waals surface area contributed by atoms with E-state index in [2.05, 4.69) is 25.9 Å². The van der Waals surface area contributed by atoms with Gasteiger partial charge in [0, 0.05) is 25.1 Å². The molecule has 3 N–H and O–H groups in total. The molecule has 0 spiro atoms. The zero-order chi connectivity index (χ0) is 20.2. The zero-order valence-electron chi connectivity index (χ0n) is 16.1.